The van der Waals surface area contributed by atoms with Crippen LogP contribution in [0.3, 0.4) is 0 Å². The molecule has 0 spiro atoms. The highest BCUT2D eigenvalue weighted by Gasteiger charge is 2.28. The van der Waals surface area contributed by atoms with E-state index < -0.39 is 12.6 Å². The second-order valence-corrected chi connectivity index (χ2v) is 4.47. The molecule has 0 bridgehead atoms. The lowest BCUT2D eigenvalue weighted by atomic mass is 9.92. The highest BCUT2D eigenvalue weighted by atomic mass is 19.4. The Morgan fingerprint density at radius 3 is 2.40 bits per heavy atom. The molecule has 1 rings (SSSR count). The molecule has 0 saturated heterocycles. The third-order valence-corrected chi connectivity index (χ3v) is 3.15. The molecule has 1 nitrogen and oxygen atoms in total. The van der Waals surface area contributed by atoms with Crippen LogP contribution in [0.4, 0.5) is 13.2 Å². The van der Waals surface area contributed by atoms with Crippen molar-refractivity contribution in [2.24, 2.45) is 5.92 Å². The number of alkyl halides is 3. The minimum atomic E-state index is -4.05. The van der Waals surface area contributed by atoms with Gasteiger partial charge in [0.25, 0.3) is 0 Å². The zero-order valence-corrected chi connectivity index (χ0v) is 8.89. The molecular weight excluding hydrogens is 205 g/mol. The van der Waals surface area contributed by atoms with Gasteiger partial charge in [0.15, 0.2) is 0 Å². The zero-order chi connectivity index (χ0) is 11.3. The number of halogens is 3. The predicted molar refractivity (Wildman–Crippen MR) is 52.5 cm³/mol. The maximum Gasteiger partial charge on any atom is 0.389 e. The summed E-state index contributed by atoms with van der Waals surface area (Å²) in [6.45, 7) is 0. The topological polar surface area (TPSA) is 20.2 Å². The normalized spacial score (nSPS) is 28.8. The average molecular weight is 224 g/mol. The largest absolute Gasteiger partial charge is 0.393 e. The van der Waals surface area contributed by atoms with E-state index in [1.807, 2.05) is 0 Å². The van der Waals surface area contributed by atoms with Crippen molar-refractivity contribution in [1.29, 1.82) is 0 Å². The Morgan fingerprint density at radius 1 is 1.07 bits per heavy atom. The van der Waals surface area contributed by atoms with Gasteiger partial charge in [-0.1, -0.05) is 19.3 Å². The van der Waals surface area contributed by atoms with Crippen LogP contribution in [0.5, 0.6) is 0 Å². The standard InChI is InChI=1S/C11H19F3O/c12-11(13,14)8-4-6-9-5-2-1-3-7-10(9)15/h9-10,15H,1-8H2. The van der Waals surface area contributed by atoms with Gasteiger partial charge in [-0.15, -0.1) is 0 Å². The molecule has 1 saturated carbocycles. The molecule has 0 amide bonds. The van der Waals surface area contributed by atoms with Gasteiger partial charge in [0, 0.05) is 6.42 Å². The molecule has 0 aliphatic heterocycles. The number of hydrogen-bond donors (Lipinski definition) is 1. The van der Waals surface area contributed by atoms with Gasteiger partial charge in [-0.3, -0.25) is 0 Å². The number of aliphatic hydroxyl groups excluding tert-OH is 1. The minimum Gasteiger partial charge on any atom is -0.393 e. The monoisotopic (exact) mass is 224 g/mol. The maximum absolute atomic E-state index is 11.9. The lowest BCUT2D eigenvalue weighted by molar-refractivity contribution is -0.136. The number of hydrogen-bond acceptors (Lipinski definition) is 1. The van der Waals surface area contributed by atoms with E-state index >= 15 is 0 Å². The third kappa shape index (κ3) is 5.40. The van der Waals surface area contributed by atoms with Crippen LogP contribution in [-0.2, 0) is 0 Å². The summed E-state index contributed by atoms with van der Waals surface area (Å²) in [6, 6.07) is 0. The van der Waals surface area contributed by atoms with Crippen molar-refractivity contribution in [3.05, 3.63) is 0 Å². The smallest absolute Gasteiger partial charge is 0.389 e. The Bertz CT molecular complexity index is 179. The summed E-state index contributed by atoms with van der Waals surface area (Å²) in [5, 5.41) is 9.70. The molecule has 90 valence electrons. The Morgan fingerprint density at radius 2 is 1.73 bits per heavy atom. The molecule has 0 heterocycles. The van der Waals surface area contributed by atoms with Gasteiger partial charge >= 0.3 is 6.18 Å². The van der Waals surface area contributed by atoms with Gasteiger partial charge < -0.3 is 5.11 Å². The van der Waals surface area contributed by atoms with E-state index in [2.05, 4.69) is 0 Å². The van der Waals surface area contributed by atoms with Crippen LogP contribution >= 0.6 is 0 Å². The number of rotatable bonds is 3. The second-order valence-electron chi connectivity index (χ2n) is 4.47. The highest BCUT2D eigenvalue weighted by Crippen LogP contribution is 2.30. The summed E-state index contributed by atoms with van der Waals surface area (Å²) in [5.41, 5.74) is 0. The van der Waals surface area contributed by atoms with Gasteiger partial charge in [0.2, 0.25) is 0 Å². The fraction of sp³-hybridized carbons (Fsp3) is 1.00. The first kappa shape index (κ1) is 12.8. The second kappa shape index (κ2) is 5.73. The molecule has 0 aromatic heterocycles. The molecule has 0 aromatic rings. The third-order valence-electron chi connectivity index (χ3n) is 3.15. The van der Waals surface area contributed by atoms with E-state index in [1.54, 1.807) is 0 Å². The summed E-state index contributed by atoms with van der Waals surface area (Å²) in [5.74, 6) is 0.0925. The molecular formula is C11H19F3O. The van der Waals surface area contributed by atoms with E-state index in [9.17, 15) is 18.3 Å². The Kier molecular flexibility index (Phi) is 4.90. The van der Waals surface area contributed by atoms with Crippen LogP contribution in [0.1, 0.15) is 51.4 Å². The lowest BCUT2D eigenvalue weighted by Gasteiger charge is -2.20. The highest BCUT2D eigenvalue weighted by molar-refractivity contribution is 4.73. The van der Waals surface area contributed by atoms with Gasteiger partial charge in [0.1, 0.15) is 0 Å². The fourth-order valence-corrected chi connectivity index (χ4v) is 2.27. The molecule has 1 aliphatic carbocycles. The molecule has 2 atom stereocenters. The van der Waals surface area contributed by atoms with Gasteiger partial charge in [0.05, 0.1) is 6.10 Å². The Labute approximate surface area is 88.7 Å². The predicted octanol–water partition coefficient (Wildman–Crippen LogP) is 3.66. The fourth-order valence-electron chi connectivity index (χ4n) is 2.27. The average Bonchev–Trinajstić information content (AvgIpc) is 2.30. The van der Waals surface area contributed by atoms with Crippen molar-refractivity contribution in [2.75, 3.05) is 0 Å². The molecule has 1 fully saturated rings. The Balaban J connectivity index is 2.23. The first-order chi connectivity index (χ1) is 6.99. The molecule has 15 heavy (non-hydrogen) atoms. The van der Waals surface area contributed by atoms with E-state index in [4.69, 9.17) is 0 Å². The summed E-state index contributed by atoms with van der Waals surface area (Å²) in [6.07, 6.45) is 0.353. The van der Waals surface area contributed by atoms with Crippen molar-refractivity contribution < 1.29 is 18.3 Å². The zero-order valence-electron chi connectivity index (χ0n) is 8.89. The SMILES string of the molecule is OC1CCCCCC1CCCC(F)(F)F. The molecule has 2 unspecified atom stereocenters. The van der Waals surface area contributed by atoms with Crippen LogP contribution < -0.4 is 0 Å². The first-order valence-electron chi connectivity index (χ1n) is 5.74. The number of aliphatic hydroxyl groups is 1. The molecule has 0 aromatic carbocycles. The molecule has 0 radical (unpaired) electrons. The van der Waals surface area contributed by atoms with Gasteiger partial charge in [-0.25, -0.2) is 0 Å². The summed E-state index contributed by atoms with van der Waals surface area (Å²) >= 11 is 0. The lowest BCUT2D eigenvalue weighted by Crippen LogP contribution is -2.19. The van der Waals surface area contributed by atoms with Crippen LogP contribution in [0, 0.1) is 5.92 Å². The summed E-state index contributed by atoms with van der Waals surface area (Å²) in [4.78, 5) is 0. The minimum absolute atomic E-state index is 0.0925. The van der Waals surface area contributed by atoms with Crippen LogP contribution in [0.25, 0.3) is 0 Å². The van der Waals surface area contributed by atoms with Crippen LogP contribution in [0.2, 0.25) is 0 Å². The van der Waals surface area contributed by atoms with Crippen molar-refractivity contribution >= 4 is 0 Å². The Hall–Kier alpha value is -0.250. The van der Waals surface area contributed by atoms with Crippen molar-refractivity contribution in [3.8, 4) is 0 Å². The summed E-state index contributed by atoms with van der Waals surface area (Å²) in [7, 11) is 0. The van der Waals surface area contributed by atoms with E-state index in [1.165, 1.54) is 0 Å². The van der Waals surface area contributed by atoms with E-state index in [-0.39, 0.29) is 18.4 Å². The van der Waals surface area contributed by atoms with Crippen LogP contribution in [-0.4, -0.2) is 17.4 Å². The van der Waals surface area contributed by atoms with Crippen molar-refractivity contribution in [1.82, 2.24) is 0 Å². The first-order valence-corrected chi connectivity index (χ1v) is 5.74. The van der Waals surface area contributed by atoms with Crippen molar-refractivity contribution in [2.45, 2.75) is 63.6 Å². The van der Waals surface area contributed by atoms with Crippen LogP contribution in [0.15, 0.2) is 0 Å². The molecule has 1 N–H and O–H groups in total. The molecule has 1 aliphatic rings. The molecule has 4 heteroatoms. The quantitative estimate of drug-likeness (QED) is 0.725. The summed E-state index contributed by atoms with van der Waals surface area (Å²) < 4.78 is 35.8. The van der Waals surface area contributed by atoms with Crippen molar-refractivity contribution in [3.63, 3.8) is 0 Å². The maximum atomic E-state index is 11.9. The van der Waals surface area contributed by atoms with Gasteiger partial charge in [-0.2, -0.15) is 13.2 Å². The van der Waals surface area contributed by atoms with E-state index in [0.29, 0.717) is 6.42 Å². The van der Waals surface area contributed by atoms with Gasteiger partial charge in [-0.05, 0) is 31.6 Å². The van der Waals surface area contributed by atoms with E-state index in [0.717, 1.165) is 32.1 Å².